The second-order valence-electron chi connectivity index (χ2n) is 3.87. The minimum absolute atomic E-state index is 0.221. The van der Waals surface area contributed by atoms with Crippen LogP contribution < -0.4 is 0 Å². The molecule has 1 fully saturated rings. The Bertz CT molecular complexity index is 342. The van der Waals surface area contributed by atoms with Crippen molar-refractivity contribution in [2.24, 2.45) is 5.92 Å². The van der Waals surface area contributed by atoms with Crippen LogP contribution in [0.2, 0.25) is 0 Å². The first kappa shape index (κ1) is 9.38. The highest BCUT2D eigenvalue weighted by atomic mass is 19.1. The third-order valence-corrected chi connectivity index (χ3v) is 2.58. The quantitative estimate of drug-likeness (QED) is 0.716. The van der Waals surface area contributed by atoms with E-state index in [9.17, 15) is 9.18 Å². The van der Waals surface area contributed by atoms with Crippen LogP contribution in [0.25, 0.3) is 0 Å². The molecule has 0 aromatic heterocycles. The zero-order chi connectivity index (χ0) is 9.97. The molecule has 0 heterocycles. The van der Waals surface area contributed by atoms with Crippen LogP contribution in [0, 0.1) is 11.7 Å². The zero-order valence-electron chi connectivity index (χ0n) is 8.00. The molecule has 2 heteroatoms. The van der Waals surface area contributed by atoms with Crippen molar-refractivity contribution in [3.63, 3.8) is 0 Å². The monoisotopic (exact) mass is 192 g/mol. The van der Waals surface area contributed by atoms with Gasteiger partial charge in [-0.25, -0.2) is 4.39 Å². The van der Waals surface area contributed by atoms with Crippen molar-refractivity contribution in [1.29, 1.82) is 0 Å². The molecule has 0 saturated heterocycles. The summed E-state index contributed by atoms with van der Waals surface area (Å²) in [4.78, 5) is 11.4. The molecule has 0 atom stereocenters. The summed E-state index contributed by atoms with van der Waals surface area (Å²) in [7, 11) is 0. The Morgan fingerprint density at radius 3 is 2.86 bits per heavy atom. The maximum atomic E-state index is 12.8. The fraction of sp³-hybridized carbons (Fsp3) is 0.417. The largest absolute Gasteiger partial charge is 0.299 e. The van der Waals surface area contributed by atoms with Gasteiger partial charge < -0.3 is 0 Å². The van der Waals surface area contributed by atoms with Crippen molar-refractivity contribution in [3.05, 3.63) is 35.6 Å². The standard InChI is InChI=1S/C12H13FO/c13-11-3-1-2-9(8-11)4-7-12(14)10-5-6-10/h1-3,8,10H,4-7H2. The van der Waals surface area contributed by atoms with Gasteiger partial charge in [-0.3, -0.25) is 4.79 Å². The van der Waals surface area contributed by atoms with Crippen LogP contribution in [0.4, 0.5) is 4.39 Å². The van der Waals surface area contributed by atoms with Gasteiger partial charge in [0, 0.05) is 12.3 Å². The van der Waals surface area contributed by atoms with E-state index in [1.54, 1.807) is 6.07 Å². The number of ketones is 1. The SMILES string of the molecule is O=C(CCc1cccc(F)c1)C1CC1. The normalized spacial score (nSPS) is 15.5. The lowest BCUT2D eigenvalue weighted by Crippen LogP contribution is -2.02. The fourth-order valence-corrected chi connectivity index (χ4v) is 1.57. The van der Waals surface area contributed by atoms with Crippen molar-refractivity contribution in [2.75, 3.05) is 0 Å². The van der Waals surface area contributed by atoms with Crippen molar-refractivity contribution in [2.45, 2.75) is 25.7 Å². The van der Waals surface area contributed by atoms with Crippen LogP contribution in [0.5, 0.6) is 0 Å². The molecule has 14 heavy (non-hydrogen) atoms. The summed E-state index contributed by atoms with van der Waals surface area (Å²) >= 11 is 0. The predicted octanol–water partition coefficient (Wildman–Crippen LogP) is 2.74. The fourth-order valence-electron chi connectivity index (χ4n) is 1.57. The van der Waals surface area contributed by atoms with Crippen molar-refractivity contribution < 1.29 is 9.18 Å². The average Bonchev–Trinajstić information content (AvgIpc) is 2.97. The van der Waals surface area contributed by atoms with Crippen LogP contribution >= 0.6 is 0 Å². The number of benzene rings is 1. The molecule has 2 rings (SSSR count). The van der Waals surface area contributed by atoms with Gasteiger partial charge in [0.2, 0.25) is 0 Å². The molecule has 0 spiro atoms. The van der Waals surface area contributed by atoms with E-state index in [4.69, 9.17) is 0 Å². The summed E-state index contributed by atoms with van der Waals surface area (Å²) in [6.07, 6.45) is 3.35. The van der Waals surface area contributed by atoms with E-state index >= 15 is 0 Å². The van der Waals surface area contributed by atoms with E-state index < -0.39 is 0 Å². The Kier molecular flexibility index (Phi) is 2.62. The number of Topliss-reactive ketones (excluding diaryl/α,β-unsaturated/α-hetero) is 1. The average molecular weight is 192 g/mol. The predicted molar refractivity (Wildman–Crippen MR) is 52.5 cm³/mol. The molecule has 0 unspecified atom stereocenters. The molecule has 0 amide bonds. The Hall–Kier alpha value is -1.18. The van der Waals surface area contributed by atoms with Gasteiger partial charge in [0.05, 0.1) is 0 Å². The molecule has 74 valence electrons. The lowest BCUT2D eigenvalue weighted by atomic mass is 10.1. The molecule has 0 aliphatic heterocycles. The van der Waals surface area contributed by atoms with Crippen LogP contribution in [0.3, 0.4) is 0 Å². The number of hydrogen-bond donors (Lipinski definition) is 0. The summed E-state index contributed by atoms with van der Waals surface area (Å²) < 4.78 is 12.8. The Morgan fingerprint density at radius 2 is 2.21 bits per heavy atom. The highest BCUT2D eigenvalue weighted by Gasteiger charge is 2.28. The van der Waals surface area contributed by atoms with E-state index in [2.05, 4.69) is 0 Å². The minimum Gasteiger partial charge on any atom is -0.299 e. The molecule has 1 aromatic rings. The highest BCUT2D eigenvalue weighted by Crippen LogP contribution is 2.31. The lowest BCUT2D eigenvalue weighted by molar-refractivity contribution is -0.120. The zero-order valence-corrected chi connectivity index (χ0v) is 8.00. The van der Waals surface area contributed by atoms with Crippen molar-refractivity contribution in [3.8, 4) is 0 Å². The number of aryl methyl sites for hydroxylation is 1. The van der Waals surface area contributed by atoms with E-state index in [-0.39, 0.29) is 5.82 Å². The first-order valence-electron chi connectivity index (χ1n) is 5.03. The summed E-state index contributed by atoms with van der Waals surface area (Å²) in [5.41, 5.74) is 0.916. The van der Waals surface area contributed by atoms with Crippen molar-refractivity contribution >= 4 is 5.78 Å². The van der Waals surface area contributed by atoms with Crippen LogP contribution in [0.1, 0.15) is 24.8 Å². The topological polar surface area (TPSA) is 17.1 Å². The third-order valence-electron chi connectivity index (χ3n) is 2.58. The molecule has 0 N–H and O–H groups in total. The van der Waals surface area contributed by atoms with Gasteiger partial charge in [-0.15, -0.1) is 0 Å². The van der Waals surface area contributed by atoms with Crippen LogP contribution in [-0.4, -0.2) is 5.78 Å². The first-order valence-corrected chi connectivity index (χ1v) is 5.03. The Balaban J connectivity index is 1.87. The first-order chi connectivity index (χ1) is 6.75. The van der Waals surface area contributed by atoms with Crippen molar-refractivity contribution in [1.82, 2.24) is 0 Å². The number of hydrogen-bond acceptors (Lipinski definition) is 1. The summed E-state index contributed by atoms with van der Waals surface area (Å²) in [5, 5.41) is 0. The maximum Gasteiger partial charge on any atom is 0.136 e. The molecule has 1 aliphatic rings. The molecule has 1 saturated carbocycles. The second-order valence-corrected chi connectivity index (χ2v) is 3.87. The van der Waals surface area contributed by atoms with Crippen LogP contribution in [-0.2, 0) is 11.2 Å². The van der Waals surface area contributed by atoms with E-state index in [0.29, 0.717) is 24.5 Å². The van der Waals surface area contributed by atoms with Gasteiger partial charge in [-0.1, -0.05) is 12.1 Å². The molecule has 0 radical (unpaired) electrons. The minimum atomic E-state index is -0.221. The number of halogens is 1. The van der Waals surface area contributed by atoms with Gasteiger partial charge in [0.1, 0.15) is 11.6 Å². The van der Waals surface area contributed by atoms with Gasteiger partial charge in [-0.2, -0.15) is 0 Å². The number of rotatable bonds is 4. The van der Waals surface area contributed by atoms with E-state index in [1.165, 1.54) is 12.1 Å². The summed E-state index contributed by atoms with van der Waals surface area (Å²) in [6.45, 7) is 0. The Labute approximate surface area is 82.9 Å². The number of carbonyl (C=O) groups is 1. The van der Waals surface area contributed by atoms with E-state index in [0.717, 1.165) is 18.4 Å². The van der Waals surface area contributed by atoms with Gasteiger partial charge in [-0.05, 0) is 37.0 Å². The van der Waals surface area contributed by atoms with Gasteiger partial charge >= 0.3 is 0 Å². The molecular weight excluding hydrogens is 179 g/mol. The molecule has 0 bridgehead atoms. The highest BCUT2D eigenvalue weighted by molar-refractivity contribution is 5.83. The Morgan fingerprint density at radius 1 is 1.43 bits per heavy atom. The summed E-state index contributed by atoms with van der Waals surface area (Å²) in [6, 6.07) is 6.47. The summed E-state index contributed by atoms with van der Waals surface area (Å²) in [5.74, 6) is 0.444. The molecular formula is C12H13FO. The van der Waals surface area contributed by atoms with Gasteiger partial charge in [0.25, 0.3) is 0 Å². The van der Waals surface area contributed by atoms with E-state index in [1.807, 2.05) is 6.07 Å². The number of carbonyl (C=O) groups excluding carboxylic acids is 1. The molecule has 1 aromatic carbocycles. The third kappa shape index (κ3) is 2.41. The second kappa shape index (κ2) is 3.91. The van der Waals surface area contributed by atoms with Gasteiger partial charge in [0.15, 0.2) is 0 Å². The maximum absolute atomic E-state index is 12.8. The lowest BCUT2D eigenvalue weighted by Gasteiger charge is -2.00. The molecule has 1 nitrogen and oxygen atoms in total. The molecule has 1 aliphatic carbocycles. The van der Waals surface area contributed by atoms with Crippen LogP contribution in [0.15, 0.2) is 24.3 Å². The smallest absolute Gasteiger partial charge is 0.136 e.